The summed E-state index contributed by atoms with van der Waals surface area (Å²) in [6, 6.07) is 0. The predicted octanol–water partition coefficient (Wildman–Crippen LogP) is 2.26. The molecular weight excluding hydrogens is 344 g/mol. The summed E-state index contributed by atoms with van der Waals surface area (Å²) in [7, 11) is 2.76. The zero-order valence-corrected chi connectivity index (χ0v) is 14.0. The van der Waals surface area contributed by atoms with E-state index >= 15 is 0 Å². The summed E-state index contributed by atoms with van der Waals surface area (Å²) < 4.78 is 18.2. The van der Waals surface area contributed by atoms with Crippen LogP contribution in [-0.4, -0.2) is 54.9 Å². The lowest BCUT2D eigenvalue weighted by atomic mass is 9.96. The second kappa shape index (κ2) is 7.65. The molecule has 0 N–H and O–H groups in total. The van der Waals surface area contributed by atoms with Gasteiger partial charge in [0.25, 0.3) is 3.79 Å². The minimum absolute atomic E-state index is 0.153. The molecule has 0 aromatic rings. The van der Waals surface area contributed by atoms with Crippen LogP contribution in [-0.2, 0) is 23.7 Å². The monoisotopic (exact) mass is 359 g/mol. The molecule has 0 bridgehead atoms. The van der Waals surface area contributed by atoms with Crippen molar-refractivity contribution in [1.29, 1.82) is 0 Å². The Morgan fingerprint density at radius 2 is 2.14 bits per heavy atom. The summed E-state index contributed by atoms with van der Waals surface area (Å²) >= 11 is 17.2. The maximum Gasteiger partial charge on any atom is 0.337 e. The maximum absolute atomic E-state index is 11.9. The molecule has 120 valence electrons. The van der Waals surface area contributed by atoms with E-state index in [0.29, 0.717) is 0 Å². The first-order valence-corrected chi connectivity index (χ1v) is 7.04. The molecule has 0 fully saturated rings. The molecule has 9 heteroatoms. The quantitative estimate of drug-likeness (QED) is 0.239. The normalized spacial score (nSPS) is 25.8. The van der Waals surface area contributed by atoms with Crippen LogP contribution >= 0.6 is 34.8 Å². The van der Waals surface area contributed by atoms with E-state index in [-0.39, 0.29) is 19.3 Å². The first kappa shape index (κ1) is 18.5. The number of nitrogens with zero attached hydrogens (tertiary/aromatic N) is 1. The smallest absolute Gasteiger partial charge is 0.337 e. The molecule has 6 nitrogen and oxygen atoms in total. The predicted molar refractivity (Wildman–Crippen MR) is 80.0 cm³/mol. The Bertz CT molecular complexity index is 435. The molecule has 0 saturated heterocycles. The van der Waals surface area contributed by atoms with Crippen molar-refractivity contribution >= 4 is 46.7 Å². The van der Waals surface area contributed by atoms with Crippen molar-refractivity contribution in [3.05, 3.63) is 12.2 Å². The van der Waals surface area contributed by atoms with E-state index in [1.54, 1.807) is 12.2 Å². The molecule has 0 unspecified atom stereocenters. The van der Waals surface area contributed by atoms with Crippen molar-refractivity contribution in [2.75, 3.05) is 27.6 Å². The number of alkyl halides is 3. The van der Waals surface area contributed by atoms with Gasteiger partial charge >= 0.3 is 5.97 Å². The van der Waals surface area contributed by atoms with Gasteiger partial charge in [-0.15, -0.1) is 0 Å². The molecular formula is C12H16Cl3NO5. The van der Waals surface area contributed by atoms with Crippen LogP contribution in [0.1, 0.15) is 6.92 Å². The van der Waals surface area contributed by atoms with Crippen molar-refractivity contribution in [2.24, 2.45) is 4.99 Å². The summed E-state index contributed by atoms with van der Waals surface area (Å²) in [6.45, 7) is 1.96. The number of methoxy groups -OCH3 is 2. The van der Waals surface area contributed by atoms with Gasteiger partial charge in [-0.3, -0.25) is 0 Å². The van der Waals surface area contributed by atoms with Crippen molar-refractivity contribution in [2.45, 2.75) is 22.4 Å². The third-order valence-corrected chi connectivity index (χ3v) is 3.18. The van der Waals surface area contributed by atoms with Gasteiger partial charge in [-0.05, 0) is 13.0 Å². The van der Waals surface area contributed by atoms with Gasteiger partial charge in [-0.2, -0.15) is 0 Å². The van der Waals surface area contributed by atoms with E-state index in [0.717, 1.165) is 0 Å². The Kier molecular flexibility index (Phi) is 6.74. The van der Waals surface area contributed by atoms with Crippen LogP contribution in [0.2, 0.25) is 0 Å². The first-order valence-electron chi connectivity index (χ1n) is 5.91. The number of hydrogen-bond acceptors (Lipinski definition) is 6. The van der Waals surface area contributed by atoms with Crippen molar-refractivity contribution in [1.82, 2.24) is 0 Å². The molecule has 0 aliphatic carbocycles. The van der Waals surface area contributed by atoms with Gasteiger partial charge in [0.15, 0.2) is 11.6 Å². The van der Waals surface area contributed by atoms with Crippen LogP contribution < -0.4 is 0 Å². The van der Waals surface area contributed by atoms with E-state index in [4.69, 9.17) is 53.8 Å². The molecule has 1 aliphatic rings. The molecule has 0 aromatic heterocycles. The lowest BCUT2D eigenvalue weighted by Gasteiger charge is -2.22. The fourth-order valence-electron chi connectivity index (χ4n) is 1.64. The van der Waals surface area contributed by atoms with Crippen molar-refractivity contribution in [3.63, 3.8) is 0 Å². The Balaban J connectivity index is 2.86. The highest BCUT2D eigenvalue weighted by Crippen LogP contribution is 2.37. The first-order chi connectivity index (χ1) is 9.75. The number of halogens is 3. The van der Waals surface area contributed by atoms with Gasteiger partial charge in [0.05, 0.1) is 13.7 Å². The summed E-state index contributed by atoms with van der Waals surface area (Å²) in [4.78, 5) is 16.0. The number of hydrogen-bond donors (Lipinski definition) is 0. The SMILES string of the molecule is COCOC/C=C/[C@@H]1OC(C(Cl)(Cl)Cl)=N[C@@]1(C)C(=O)OC. The molecule has 0 saturated carbocycles. The topological polar surface area (TPSA) is 66.3 Å². The number of esters is 1. The Morgan fingerprint density at radius 1 is 1.48 bits per heavy atom. The second-order valence-corrected chi connectivity index (χ2v) is 6.58. The molecule has 1 heterocycles. The number of carbonyl (C=O) groups excluding carboxylic acids is 1. The van der Waals surface area contributed by atoms with Crippen LogP contribution in [0, 0.1) is 0 Å². The van der Waals surface area contributed by atoms with Gasteiger partial charge in [0, 0.05) is 7.11 Å². The minimum Gasteiger partial charge on any atom is -0.467 e. The summed E-state index contributed by atoms with van der Waals surface area (Å²) in [5.41, 5.74) is -1.33. The van der Waals surface area contributed by atoms with Crippen LogP contribution in [0.3, 0.4) is 0 Å². The molecule has 21 heavy (non-hydrogen) atoms. The average molecular weight is 361 g/mol. The van der Waals surface area contributed by atoms with Gasteiger partial charge in [-0.25, -0.2) is 9.79 Å². The molecule has 2 atom stereocenters. The number of ether oxygens (including phenoxy) is 4. The van der Waals surface area contributed by atoms with Crippen LogP contribution in [0.5, 0.6) is 0 Å². The fourth-order valence-corrected chi connectivity index (χ4v) is 1.90. The van der Waals surface area contributed by atoms with Gasteiger partial charge in [0.1, 0.15) is 6.79 Å². The highest BCUT2D eigenvalue weighted by Gasteiger charge is 2.52. The van der Waals surface area contributed by atoms with E-state index in [1.165, 1.54) is 21.1 Å². The van der Waals surface area contributed by atoms with Crippen LogP contribution in [0.15, 0.2) is 17.1 Å². The highest BCUT2D eigenvalue weighted by molar-refractivity contribution is 6.76. The van der Waals surface area contributed by atoms with Gasteiger partial charge < -0.3 is 18.9 Å². The lowest BCUT2D eigenvalue weighted by Crippen LogP contribution is -2.42. The van der Waals surface area contributed by atoms with E-state index < -0.39 is 21.4 Å². The van der Waals surface area contributed by atoms with Crippen LogP contribution in [0.25, 0.3) is 0 Å². The number of rotatable bonds is 6. The largest absolute Gasteiger partial charge is 0.467 e. The van der Waals surface area contributed by atoms with E-state index in [9.17, 15) is 4.79 Å². The molecule has 1 rings (SSSR count). The minimum atomic E-state index is -1.86. The zero-order chi connectivity index (χ0) is 16.1. The van der Waals surface area contributed by atoms with Crippen molar-refractivity contribution < 1.29 is 23.7 Å². The Labute approximate surface area is 137 Å². The van der Waals surface area contributed by atoms with Gasteiger partial charge in [0.2, 0.25) is 5.90 Å². The third-order valence-electron chi connectivity index (χ3n) is 2.69. The number of carbonyl (C=O) groups is 1. The lowest BCUT2D eigenvalue weighted by molar-refractivity contribution is -0.147. The third kappa shape index (κ3) is 4.72. The maximum atomic E-state index is 11.9. The van der Waals surface area contributed by atoms with E-state index in [1.807, 2.05) is 0 Å². The molecule has 0 amide bonds. The molecule has 0 aromatic carbocycles. The standard InChI is InChI=1S/C12H16Cl3NO5/c1-11(10(17)19-3)8(5-4-6-20-7-18-2)21-9(16-11)12(13,14)15/h4-5,8H,6-7H2,1-3H3/b5-4+/t8-,11+/m0/s1. The summed E-state index contributed by atoms with van der Waals surface area (Å²) in [5.74, 6) is -0.757. The fraction of sp³-hybridized carbons (Fsp3) is 0.667. The second-order valence-electron chi connectivity index (χ2n) is 4.30. The Morgan fingerprint density at radius 3 is 2.67 bits per heavy atom. The van der Waals surface area contributed by atoms with Gasteiger partial charge in [-0.1, -0.05) is 40.9 Å². The van der Waals surface area contributed by atoms with E-state index in [2.05, 4.69) is 4.99 Å². The molecule has 0 radical (unpaired) electrons. The zero-order valence-electron chi connectivity index (χ0n) is 11.8. The number of aliphatic imine (C=N–C) groups is 1. The molecule has 1 aliphatic heterocycles. The molecule has 0 spiro atoms. The average Bonchev–Trinajstić information content (AvgIpc) is 2.76. The highest BCUT2D eigenvalue weighted by atomic mass is 35.6. The summed E-state index contributed by atoms with van der Waals surface area (Å²) in [6.07, 6.45) is 2.49. The van der Waals surface area contributed by atoms with Crippen LogP contribution in [0.4, 0.5) is 0 Å². The van der Waals surface area contributed by atoms with Crippen molar-refractivity contribution in [3.8, 4) is 0 Å². The Hall–Kier alpha value is -0.530. The summed E-state index contributed by atoms with van der Waals surface area (Å²) in [5, 5.41) is 0.